The third-order valence-electron chi connectivity index (χ3n) is 7.40. The summed E-state index contributed by atoms with van der Waals surface area (Å²) in [6.45, 7) is 10.3. The molecule has 4 saturated carbocycles. The third kappa shape index (κ3) is 3.25. The van der Waals surface area contributed by atoms with Crippen LogP contribution in [0, 0.1) is 35.0 Å². The van der Waals surface area contributed by atoms with E-state index in [-0.39, 0.29) is 17.5 Å². The summed E-state index contributed by atoms with van der Waals surface area (Å²) in [5.74, 6) is 1.99. The van der Waals surface area contributed by atoms with Crippen LogP contribution in [0.1, 0.15) is 65.7 Å². The molecule has 4 fully saturated rings. The zero-order valence-electron chi connectivity index (χ0n) is 16.8. The molecule has 0 radical (unpaired) electrons. The fourth-order valence-corrected chi connectivity index (χ4v) is 6.70. The fraction of sp³-hybridized carbons (Fsp3) is 0.739. The Balaban J connectivity index is 1.50. The van der Waals surface area contributed by atoms with Gasteiger partial charge in [-0.25, -0.2) is 4.79 Å². The molecule has 148 valence electrons. The van der Waals surface area contributed by atoms with Crippen molar-refractivity contribution in [2.45, 2.75) is 71.3 Å². The molecule has 4 bridgehead atoms. The van der Waals surface area contributed by atoms with E-state index in [1.165, 1.54) is 32.1 Å². The van der Waals surface area contributed by atoms with E-state index >= 15 is 0 Å². The maximum Gasteiger partial charge on any atom is 0.335 e. The Labute approximate surface area is 162 Å². The Morgan fingerprint density at radius 1 is 1.26 bits per heavy atom. The molecular weight excluding hydrogens is 340 g/mol. The van der Waals surface area contributed by atoms with E-state index in [0.29, 0.717) is 35.3 Å². The van der Waals surface area contributed by atoms with Crippen molar-refractivity contribution in [3.05, 3.63) is 24.5 Å². The van der Waals surface area contributed by atoms with E-state index in [1.54, 1.807) is 6.08 Å². The van der Waals surface area contributed by atoms with E-state index < -0.39 is 5.97 Å². The fourth-order valence-electron chi connectivity index (χ4n) is 6.70. The molecule has 0 heterocycles. The van der Waals surface area contributed by atoms with Gasteiger partial charge in [0, 0.05) is 12.5 Å². The van der Waals surface area contributed by atoms with Crippen LogP contribution in [-0.4, -0.2) is 17.5 Å². The summed E-state index contributed by atoms with van der Waals surface area (Å²) >= 11 is 0. The molecule has 5 aliphatic rings. The van der Waals surface area contributed by atoms with Crippen LogP contribution < -0.4 is 0 Å². The first-order valence-corrected chi connectivity index (χ1v) is 10.5. The van der Waals surface area contributed by atoms with Crippen LogP contribution >= 0.6 is 0 Å². The molecule has 3 unspecified atom stereocenters. The van der Waals surface area contributed by atoms with Crippen molar-refractivity contribution in [2.24, 2.45) is 35.0 Å². The van der Waals surface area contributed by atoms with Gasteiger partial charge < -0.3 is 9.47 Å². The van der Waals surface area contributed by atoms with Crippen LogP contribution in [0.3, 0.4) is 0 Å². The molecule has 0 aromatic carbocycles. The number of esters is 2. The summed E-state index contributed by atoms with van der Waals surface area (Å²) in [6, 6.07) is 0. The highest BCUT2D eigenvalue weighted by Crippen LogP contribution is 2.65. The lowest BCUT2D eigenvalue weighted by molar-refractivity contribution is -0.230. The van der Waals surface area contributed by atoms with Gasteiger partial charge >= 0.3 is 11.9 Å². The van der Waals surface area contributed by atoms with Crippen LogP contribution in [-0.2, 0) is 19.1 Å². The van der Waals surface area contributed by atoms with Crippen molar-refractivity contribution in [2.75, 3.05) is 0 Å². The minimum Gasteiger partial charge on any atom is -0.458 e. The lowest BCUT2D eigenvalue weighted by Crippen LogP contribution is -2.63. The molecule has 4 nitrogen and oxygen atoms in total. The van der Waals surface area contributed by atoms with Gasteiger partial charge in [-0.2, -0.15) is 0 Å². The lowest BCUT2D eigenvalue weighted by Gasteiger charge is -2.64. The predicted octanol–water partition coefficient (Wildman–Crippen LogP) is 4.79. The monoisotopic (exact) mass is 372 g/mol. The van der Waals surface area contributed by atoms with Gasteiger partial charge in [0.25, 0.3) is 0 Å². The van der Waals surface area contributed by atoms with Gasteiger partial charge in [-0.15, -0.1) is 0 Å². The molecule has 0 amide bonds. The van der Waals surface area contributed by atoms with Crippen molar-refractivity contribution in [3.8, 4) is 0 Å². The maximum atomic E-state index is 13.0. The highest BCUT2D eigenvalue weighted by Gasteiger charge is 2.62. The van der Waals surface area contributed by atoms with E-state index in [9.17, 15) is 9.59 Å². The van der Waals surface area contributed by atoms with Gasteiger partial charge in [0.15, 0.2) is 0 Å². The van der Waals surface area contributed by atoms with E-state index in [0.717, 1.165) is 18.4 Å². The van der Waals surface area contributed by atoms with Gasteiger partial charge in [-0.3, -0.25) is 4.79 Å². The van der Waals surface area contributed by atoms with Gasteiger partial charge in [-0.1, -0.05) is 27.4 Å². The minimum atomic E-state index is -0.473. The minimum absolute atomic E-state index is 0.133. The van der Waals surface area contributed by atoms with Crippen LogP contribution in [0.25, 0.3) is 0 Å². The van der Waals surface area contributed by atoms with Crippen LogP contribution in [0.5, 0.6) is 0 Å². The van der Waals surface area contributed by atoms with Crippen molar-refractivity contribution in [1.82, 2.24) is 0 Å². The molecule has 0 aromatic rings. The summed E-state index contributed by atoms with van der Waals surface area (Å²) in [4.78, 5) is 24.2. The molecule has 0 aliphatic heterocycles. The Kier molecular flexibility index (Phi) is 4.51. The molecule has 4 heteroatoms. The van der Waals surface area contributed by atoms with Gasteiger partial charge in [0.05, 0.1) is 5.92 Å². The van der Waals surface area contributed by atoms with Crippen molar-refractivity contribution < 1.29 is 19.1 Å². The number of hydrogen-bond donors (Lipinski definition) is 0. The molecule has 0 N–H and O–H groups in total. The first-order chi connectivity index (χ1) is 12.7. The molecule has 27 heavy (non-hydrogen) atoms. The third-order valence-corrected chi connectivity index (χ3v) is 7.40. The number of hydrogen-bond acceptors (Lipinski definition) is 4. The average molecular weight is 373 g/mol. The van der Waals surface area contributed by atoms with Crippen LogP contribution in [0.15, 0.2) is 24.5 Å². The summed E-state index contributed by atoms with van der Waals surface area (Å²) in [6.07, 6.45) is 10.5. The molecular formula is C23H32O4. The zero-order chi connectivity index (χ0) is 19.4. The molecule has 0 saturated heterocycles. The second-order valence-corrected chi connectivity index (χ2v) is 10.2. The Hall–Kier alpha value is -1.58. The summed E-state index contributed by atoms with van der Waals surface area (Å²) < 4.78 is 11.5. The second-order valence-electron chi connectivity index (χ2n) is 10.2. The number of allylic oxidation sites excluding steroid dienone is 1. The predicted molar refractivity (Wildman–Crippen MR) is 102 cm³/mol. The van der Waals surface area contributed by atoms with Crippen molar-refractivity contribution in [3.63, 3.8) is 0 Å². The lowest BCUT2D eigenvalue weighted by atomic mass is 9.44. The maximum absolute atomic E-state index is 13.0. The van der Waals surface area contributed by atoms with Crippen LogP contribution in [0.4, 0.5) is 0 Å². The Morgan fingerprint density at radius 3 is 2.41 bits per heavy atom. The number of carbonyl (C=O) groups excluding carboxylic acids is 2. The number of rotatable bonds is 6. The average Bonchev–Trinajstić information content (AvgIpc) is 2.53. The molecule has 5 aliphatic carbocycles. The smallest absolute Gasteiger partial charge is 0.335 e. The van der Waals surface area contributed by atoms with Crippen LogP contribution in [0.2, 0.25) is 0 Å². The standard InChI is InChI=1S/C23H32O4/c1-5-20(24)26-19-8-16(9-19)21(25)27-23(10-14(2)3)17-6-15-7-18(23)13-22(4,11-15)12-17/h5,8,14-18H,1,6-7,9-13H2,2-4H3. The van der Waals surface area contributed by atoms with E-state index in [2.05, 4.69) is 27.4 Å². The highest BCUT2D eigenvalue weighted by molar-refractivity contribution is 5.83. The molecule has 3 atom stereocenters. The topological polar surface area (TPSA) is 52.6 Å². The quantitative estimate of drug-likeness (QED) is 0.497. The normalized spacial score (nSPS) is 41.7. The summed E-state index contributed by atoms with van der Waals surface area (Å²) in [5, 5.41) is 0. The molecule has 5 rings (SSSR count). The molecule has 0 spiro atoms. The summed E-state index contributed by atoms with van der Waals surface area (Å²) in [5.41, 5.74) is 0.162. The Morgan fingerprint density at radius 2 is 1.89 bits per heavy atom. The van der Waals surface area contributed by atoms with Crippen molar-refractivity contribution >= 4 is 11.9 Å². The molecule has 0 aromatic heterocycles. The SMILES string of the molecule is C=CC(=O)OC1=CC(C(=O)OC2(CC(C)C)C3CC4CC2CC(C)(C4)C3)C1. The largest absolute Gasteiger partial charge is 0.458 e. The van der Waals surface area contributed by atoms with Gasteiger partial charge in [0.1, 0.15) is 11.4 Å². The first-order valence-electron chi connectivity index (χ1n) is 10.5. The van der Waals surface area contributed by atoms with Gasteiger partial charge in [-0.05, 0) is 73.7 Å². The Bertz CT molecular complexity index is 672. The van der Waals surface area contributed by atoms with E-state index in [4.69, 9.17) is 9.47 Å². The first kappa shape index (κ1) is 18.8. The number of ether oxygens (including phenoxy) is 2. The van der Waals surface area contributed by atoms with Crippen molar-refractivity contribution in [1.29, 1.82) is 0 Å². The second kappa shape index (κ2) is 6.49. The van der Waals surface area contributed by atoms with E-state index in [1.807, 2.05) is 0 Å². The number of carbonyl (C=O) groups is 2. The zero-order valence-corrected chi connectivity index (χ0v) is 16.8. The highest BCUT2D eigenvalue weighted by atomic mass is 16.6. The van der Waals surface area contributed by atoms with Gasteiger partial charge in [0.2, 0.25) is 0 Å². The summed E-state index contributed by atoms with van der Waals surface area (Å²) in [7, 11) is 0.